The summed E-state index contributed by atoms with van der Waals surface area (Å²) in [6, 6.07) is 8.16. The van der Waals surface area contributed by atoms with Crippen molar-refractivity contribution in [1.29, 1.82) is 5.26 Å². The Hall–Kier alpha value is -3.41. The van der Waals surface area contributed by atoms with Gasteiger partial charge in [0.25, 0.3) is 11.8 Å². The third kappa shape index (κ3) is 3.31. The molecule has 152 valence electrons. The van der Waals surface area contributed by atoms with E-state index < -0.39 is 24.1 Å². The van der Waals surface area contributed by atoms with Crippen LogP contribution in [0.25, 0.3) is 0 Å². The molecule has 2 aliphatic heterocycles. The summed E-state index contributed by atoms with van der Waals surface area (Å²) >= 11 is 0. The van der Waals surface area contributed by atoms with Crippen molar-refractivity contribution in [2.24, 2.45) is 0 Å². The van der Waals surface area contributed by atoms with E-state index in [9.17, 15) is 19.2 Å². The summed E-state index contributed by atoms with van der Waals surface area (Å²) < 4.78 is 5.25. The van der Waals surface area contributed by atoms with Gasteiger partial charge in [-0.3, -0.25) is 19.3 Å². The normalized spacial score (nSPS) is 20.2. The number of amides is 3. The van der Waals surface area contributed by atoms with Gasteiger partial charge in [0, 0.05) is 25.4 Å². The summed E-state index contributed by atoms with van der Waals surface area (Å²) in [6.07, 6.45) is 0.297. The minimum absolute atomic E-state index is 0.0777. The third-order valence-corrected chi connectivity index (χ3v) is 5.04. The highest BCUT2D eigenvalue weighted by Crippen LogP contribution is 2.45. The molecular weight excluding hydrogens is 376 g/mol. The van der Waals surface area contributed by atoms with Crippen molar-refractivity contribution in [2.45, 2.75) is 44.8 Å². The van der Waals surface area contributed by atoms with Crippen LogP contribution < -0.4 is 10.2 Å². The fraction of sp³-hybridized carbons (Fsp3) is 0.450. The highest BCUT2D eigenvalue weighted by atomic mass is 16.5. The number of ether oxygens (including phenoxy) is 1. The molecule has 2 aliphatic rings. The summed E-state index contributed by atoms with van der Waals surface area (Å²) in [6.45, 7) is 3.11. The maximum absolute atomic E-state index is 13.2. The molecule has 1 aromatic carbocycles. The molecule has 1 atom stereocenters. The van der Waals surface area contributed by atoms with Crippen LogP contribution in [0.15, 0.2) is 24.3 Å². The Morgan fingerprint density at radius 2 is 2.03 bits per heavy atom. The minimum Gasteiger partial charge on any atom is -0.452 e. The molecule has 3 rings (SSSR count). The zero-order valence-electron chi connectivity index (χ0n) is 16.3. The van der Waals surface area contributed by atoms with Crippen molar-refractivity contribution in [3.63, 3.8) is 0 Å². The van der Waals surface area contributed by atoms with Crippen LogP contribution >= 0.6 is 0 Å². The zero-order valence-corrected chi connectivity index (χ0v) is 16.3. The van der Waals surface area contributed by atoms with E-state index in [1.807, 2.05) is 6.07 Å². The number of nitriles is 1. The molecule has 1 saturated heterocycles. The molecule has 1 fully saturated rings. The molecule has 0 radical (unpaired) electrons. The number of carbonyl (C=O) groups is 4. The van der Waals surface area contributed by atoms with Crippen molar-refractivity contribution in [2.75, 3.05) is 18.1 Å². The van der Waals surface area contributed by atoms with Gasteiger partial charge < -0.3 is 15.0 Å². The number of hydrogen-bond acceptors (Lipinski definition) is 6. The monoisotopic (exact) mass is 398 g/mol. The molecule has 0 aromatic heterocycles. The predicted octanol–water partition coefficient (Wildman–Crippen LogP) is 0.947. The van der Waals surface area contributed by atoms with Crippen LogP contribution in [0.5, 0.6) is 0 Å². The summed E-state index contributed by atoms with van der Waals surface area (Å²) in [5.41, 5.74) is -0.912. The molecule has 0 unspecified atom stereocenters. The molecule has 0 aliphatic carbocycles. The molecule has 9 nitrogen and oxygen atoms in total. The number of carbonyl (C=O) groups excluding carboxylic acids is 4. The maximum Gasteiger partial charge on any atom is 0.354 e. The van der Waals surface area contributed by atoms with Crippen LogP contribution in [0.1, 0.15) is 43.5 Å². The molecule has 2 heterocycles. The Balaban J connectivity index is 1.94. The van der Waals surface area contributed by atoms with Crippen molar-refractivity contribution in [3.8, 4) is 6.07 Å². The summed E-state index contributed by atoms with van der Waals surface area (Å²) in [5.74, 6) is -2.03. The van der Waals surface area contributed by atoms with Gasteiger partial charge in [-0.1, -0.05) is 12.1 Å². The van der Waals surface area contributed by atoms with Crippen molar-refractivity contribution >= 4 is 29.4 Å². The van der Waals surface area contributed by atoms with E-state index in [0.717, 1.165) is 0 Å². The van der Waals surface area contributed by atoms with E-state index in [2.05, 4.69) is 5.32 Å². The molecule has 1 aromatic rings. The van der Waals surface area contributed by atoms with Gasteiger partial charge in [0.2, 0.25) is 11.6 Å². The van der Waals surface area contributed by atoms with Gasteiger partial charge in [-0.05, 0) is 26.0 Å². The number of anilines is 1. The van der Waals surface area contributed by atoms with Gasteiger partial charge >= 0.3 is 5.97 Å². The van der Waals surface area contributed by atoms with Crippen LogP contribution in [0, 0.1) is 11.3 Å². The standard InChI is InChI=1S/C20H22N4O5/c1-13(2)23-18(27)14-6-3-4-7-15(14)24-17(26)8-9-20(23,24)19(28)29-12-16(25)22-11-5-10-21/h3-4,6-7,13H,5,8-9,11-12H2,1-2H3,(H,22,25)/t20-/m1/s1. The highest BCUT2D eigenvalue weighted by Gasteiger charge is 2.62. The molecule has 29 heavy (non-hydrogen) atoms. The Morgan fingerprint density at radius 1 is 1.31 bits per heavy atom. The minimum atomic E-state index is -1.62. The fourth-order valence-corrected chi connectivity index (χ4v) is 3.93. The Kier molecular flexibility index (Phi) is 5.55. The average Bonchev–Trinajstić information content (AvgIpc) is 3.04. The summed E-state index contributed by atoms with van der Waals surface area (Å²) in [4.78, 5) is 53.7. The number of nitrogens with zero attached hydrogens (tertiary/aromatic N) is 3. The second-order valence-corrected chi connectivity index (χ2v) is 7.17. The van der Waals surface area contributed by atoms with Gasteiger partial charge in [0.05, 0.1) is 23.7 Å². The average molecular weight is 398 g/mol. The lowest BCUT2D eigenvalue weighted by atomic mass is 9.95. The van der Waals surface area contributed by atoms with Gasteiger partial charge in [-0.2, -0.15) is 5.26 Å². The van der Waals surface area contributed by atoms with E-state index in [1.54, 1.807) is 38.1 Å². The Morgan fingerprint density at radius 3 is 2.72 bits per heavy atom. The molecule has 0 spiro atoms. The van der Waals surface area contributed by atoms with Gasteiger partial charge in [0.15, 0.2) is 6.61 Å². The lowest BCUT2D eigenvalue weighted by Gasteiger charge is -2.50. The molecule has 0 bridgehead atoms. The van der Waals surface area contributed by atoms with Gasteiger partial charge in [0.1, 0.15) is 0 Å². The SMILES string of the molecule is CC(C)N1C(=O)c2ccccc2N2C(=O)CC[C@]21C(=O)OCC(=O)NCCC#N. The largest absolute Gasteiger partial charge is 0.452 e. The zero-order chi connectivity index (χ0) is 21.2. The van der Waals surface area contributed by atoms with Crippen LogP contribution in [0.2, 0.25) is 0 Å². The van der Waals surface area contributed by atoms with Gasteiger partial charge in [-0.25, -0.2) is 4.79 Å². The topological polar surface area (TPSA) is 120 Å². The number of fused-ring (bicyclic) bond motifs is 3. The maximum atomic E-state index is 13.2. The van der Waals surface area contributed by atoms with E-state index in [-0.39, 0.29) is 43.7 Å². The van der Waals surface area contributed by atoms with Crippen LogP contribution in [-0.2, 0) is 19.1 Å². The van der Waals surface area contributed by atoms with E-state index in [0.29, 0.717) is 11.3 Å². The first-order valence-corrected chi connectivity index (χ1v) is 9.41. The van der Waals surface area contributed by atoms with Crippen molar-refractivity contribution in [1.82, 2.24) is 10.2 Å². The number of para-hydroxylation sites is 1. The lowest BCUT2D eigenvalue weighted by Crippen LogP contribution is -2.70. The van der Waals surface area contributed by atoms with Crippen molar-refractivity contribution < 1.29 is 23.9 Å². The lowest BCUT2D eigenvalue weighted by molar-refractivity contribution is -0.161. The first-order valence-electron chi connectivity index (χ1n) is 9.41. The fourth-order valence-electron chi connectivity index (χ4n) is 3.93. The third-order valence-electron chi connectivity index (χ3n) is 5.04. The quantitative estimate of drug-likeness (QED) is 0.563. The molecular formula is C20H22N4O5. The number of benzene rings is 1. The Bertz CT molecular complexity index is 906. The van der Waals surface area contributed by atoms with Crippen LogP contribution in [0.4, 0.5) is 5.69 Å². The van der Waals surface area contributed by atoms with E-state index >= 15 is 0 Å². The van der Waals surface area contributed by atoms with Crippen LogP contribution in [0.3, 0.4) is 0 Å². The second-order valence-electron chi connectivity index (χ2n) is 7.17. The molecule has 0 saturated carbocycles. The van der Waals surface area contributed by atoms with E-state index in [4.69, 9.17) is 10.00 Å². The number of hydrogen-bond donors (Lipinski definition) is 1. The first kappa shape index (κ1) is 20.3. The second kappa shape index (κ2) is 7.91. The smallest absolute Gasteiger partial charge is 0.354 e. The number of esters is 1. The molecule has 9 heteroatoms. The molecule has 1 N–H and O–H groups in total. The van der Waals surface area contributed by atoms with Gasteiger partial charge in [-0.15, -0.1) is 0 Å². The highest BCUT2D eigenvalue weighted by molar-refractivity contribution is 6.15. The van der Waals surface area contributed by atoms with E-state index in [1.165, 1.54) is 9.80 Å². The van der Waals surface area contributed by atoms with Crippen LogP contribution in [-0.4, -0.2) is 53.4 Å². The summed E-state index contributed by atoms with van der Waals surface area (Å²) in [7, 11) is 0. The molecule has 3 amide bonds. The predicted molar refractivity (Wildman–Crippen MR) is 101 cm³/mol. The number of rotatable bonds is 6. The first-order chi connectivity index (χ1) is 13.8. The Labute approximate surface area is 168 Å². The summed E-state index contributed by atoms with van der Waals surface area (Å²) in [5, 5.41) is 11.0. The van der Waals surface area contributed by atoms with Crippen molar-refractivity contribution in [3.05, 3.63) is 29.8 Å². The number of nitrogens with one attached hydrogen (secondary N) is 1.